The highest BCUT2D eigenvalue weighted by Gasteiger charge is 2.14. The molecule has 1 fully saturated rings. The Labute approximate surface area is 87.1 Å². The minimum atomic E-state index is 1.01. The summed E-state index contributed by atoms with van der Waals surface area (Å²) in [4.78, 5) is 0. The number of hydrogen-bond donors (Lipinski definition) is 0. The number of aromatic nitrogens is 1. The fourth-order valence-corrected chi connectivity index (χ4v) is 2.66. The van der Waals surface area contributed by atoms with E-state index in [1.54, 1.807) is 0 Å². The summed E-state index contributed by atoms with van der Waals surface area (Å²) in [5.74, 6) is 1.01. The van der Waals surface area contributed by atoms with Crippen LogP contribution in [0.2, 0.25) is 0 Å². The van der Waals surface area contributed by atoms with E-state index in [-0.39, 0.29) is 0 Å². The van der Waals surface area contributed by atoms with E-state index in [0.29, 0.717) is 0 Å². The smallest absolute Gasteiger partial charge is 0.0227 e. The lowest BCUT2D eigenvalue weighted by atomic mass is 10.0. The Hall–Kier alpha value is -0.720. The van der Waals surface area contributed by atoms with E-state index in [9.17, 15) is 0 Å². The second-order valence-electron chi connectivity index (χ2n) is 4.71. The van der Waals surface area contributed by atoms with Crippen molar-refractivity contribution >= 4 is 0 Å². The summed E-state index contributed by atoms with van der Waals surface area (Å²) in [5.41, 5.74) is 2.83. The molecule has 1 aliphatic rings. The molecular formula is C13H21N. The van der Waals surface area contributed by atoms with Gasteiger partial charge in [-0.15, -0.1) is 0 Å². The summed E-state index contributed by atoms with van der Waals surface area (Å²) >= 11 is 0. The van der Waals surface area contributed by atoms with Gasteiger partial charge in [-0.3, -0.25) is 0 Å². The van der Waals surface area contributed by atoms with Crippen LogP contribution in [0, 0.1) is 19.8 Å². The van der Waals surface area contributed by atoms with Crippen LogP contribution in [0.1, 0.15) is 43.5 Å². The molecule has 1 aromatic rings. The third-order valence-electron chi connectivity index (χ3n) is 3.65. The van der Waals surface area contributed by atoms with Gasteiger partial charge in [0.25, 0.3) is 0 Å². The van der Waals surface area contributed by atoms with Crippen LogP contribution in [-0.2, 0) is 6.54 Å². The highest BCUT2D eigenvalue weighted by atomic mass is 15.0. The zero-order valence-corrected chi connectivity index (χ0v) is 9.42. The van der Waals surface area contributed by atoms with Crippen LogP contribution in [0.15, 0.2) is 12.1 Å². The van der Waals surface area contributed by atoms with Gasteiger partial charge in [0, 0.05) is 17.9 Å². The first kappa shape index (κ1) is 9.82. The van der Waals surface area contributed by atoms with Crippen LogP contribution in [0.5, 0.6) is 0 Å². The monoisotopic (exact) mass is 191 g/mol. The second-order valence-corrected chi connectivity index (χ2v) is 4.71. The molecule has 1 nitrogen and oxygen atoms in total. The van der Waals surface area contributed by atoms with Crippen molar-refractivity contribution < 1.29 is 0 Å². The Bertz CT molecular complexity index is 273. The van der Waals surface area contributed by atoms with Crippen LogP contribution in [0.4, 0.5) is 0 Å². The Morgan fingerprint density at radius 3 is 2.29 bits per heavy atom. The van der Waals surface area contributed by atoms with Gasteiger partial charge < -0.3 is 4.57 Å². The zero-order valence-electron chi connectivity index (χ0n) is 9.42. The molecule has 78 valence electrons. The highest BCUT2D eigenvalue weighted by molar-refractivity contribution is 5.13. The van der Waals surface area contributed by atoms with Gasteiger partial charge in [-0.1, -0.05) is 25.7 Å². The van der Waals surface area contributed by atoms with E-state index in [4.69, 9.17) is 0 Å². The van der Waals surface area contributed by atoms with Gasteiger partial charge in [0.05, 0.1) is 0 Å². The average molecular weight is 191 g/mol. The van der Waals surface area contributed by atoms with Crippen LogP contribution >= 0.6 is 0 Å². The molecular weight excluding hydrogens is 170 g/mol. The fraction of sp³-hybridized carbons (Fsp3) is 0.692. The average Bonchev–Trinajstić information content (AvgIpc) is 2.76. The summed E-state index contributed by atoms with van der Waals surface area (Å²) in [6.45, 7) is 5.65. The van der Waals surface area contributed by atoms with Gasteiger partial charge in [-0.05, 0) is 38.3 Å². The van der Waals surface area contributed by atoms with E-state index in [1.807, 2.05) is 0 Å². The Kier molecular flexibility index (Phi) is 2.95. The minimum absolute atomic E-state index is 1.01. The number of hydrogen-bond acceptors (Lipinski definition) is 0. The first-order valence-corrected chi connectivity index (χ1v) is 5.90. The lowest BCUT2D eigenvalue weighted by Gasteiger charge is -2.12. The molecule has 0 radical (unpaired) electrons. The molecule has 0 spiro atoms. The Morgan fingerprint density at radius 2 is 1.71 bits per heavy atom. The summed E-state index contributed by atoms with van der Waals surface area (Å²) in [5, 5.41) is 0. The molecule has 0 unspecified atom stereocenters. The van der Waals surface area contributed by atoms with Crippen molar-refractivity contribution in [2.24, 2.45) is 5.92 Å². The van der Waals surface area contributed by atoms with Gasteiger partial charge in [0.2, 0.25) is 0 Å². The Morgan fingerprint density at radius 1 is 1.14 bits per heavy atom. The predicted molar refractivity (Wildman–Crippen MR) is 60.5 cm³/mol. The van der Waals surface area contributed by atoms with Crippen LogP contribution in [-0.4, -0.2) is 4.57 Å². The van der Waals surface area contributed by atoms with E-state index < -0.39 is 0 Å². The molecule has 0 bridgehead atoms. The maximum Gasteiger partial charge on any atom is 0.0227 e. The van der Waals surface area contributed by atoms with Gasteiger partial charge in [0.15, 0.2) is 0 Å². The number of aryl methyl sites for hydroxylation is 2. The largest absolute Gasteiger partial charge is 0.349 e. The van der Waals surface area contributed by atoms with Crippen molar-refractivity contribution in [2.45, 2.75) is 52.5 Å². The van der Waals surface area contributed by atoms with E-state index in [2.05, 4.69) is 30.5 Å². The molecule has 1 heteroatoms. The normalized spacial score (nSPS) is 17.9. The molecule has 0 atom stereocenters. The third-order valence-corrected chi connectivity index (χ3v) is 3.65. The molecule has 0 N–H and O–H groups in total. The van der Waals surface area contributed by atoms with Crippen molar-refractivity contribution in [1.82, 2.24) is 4.57 Å². The molecule has 0 aromatic carbocycles. The summed E-state index contributed by atoms with van der Waals surface area (Å²) < 4.78 is 2.46. The molecule has 14 heavy (non-hydrogen) atoms. The molecule has 0 amide bonds. The van der Waals surface area contributed by atoms with E-state index >= 15 is 0 Å². The van der Waals surface area contributed by atoms with E-state index in [0.717, 1.165) is 5.92 Å². The van der Waals surface area contributed by atoms with Crippen LogP contribution in [0.25, 0.3) is 0 Å². The standard InChI is InChI=1S/C13H21N/c1-11-7-8-12(2)14(11)10-9-13-5-3-4-6-13/h7-8,13H,3-6,9-10H2,1-2H3. The molecule has 1 heterocycles. The lowest BCUT2D eigenvalue weighted by Crippen LogP contribution is -2.06. The van der Waals surface area contributed by atoms with Crippen molar-refractivity contribution in [3.05, 3.63) is 23.5 Å². The third kappa shape index (κ3) is 2.02. The fourth-order valence-electron chi connectivity index (χ4n) is 2.66. The SMILES string of the molecule is Cc1ccc(C)n1CCC1CCCC1. The quantitative estimate of drug-likeness (QED) is 0.686. The van der Waals surface area contributed by atoms with Crippen molar-refractivity contribution in [3.63, 3.8) is 0 Å². The van der Waals surface area contributed by atoms with Crippen molar-refractivity contribution in [3.8, 4) is 0 Å². The highest BCUT2D eigenvalue weighted by Crippen LogP contribution is 2.28. The molecule has 2 rings (SSSR count). The van der Waals surface area contributed by atoms with Crippen LogP contribution < -0.4 is 0 Å². The molecule has 0 saturated heterocycles. The number of nitrogens with zero attached hydrogens (tertiary/aromatic N) is 1. The maximum absolute atomic E-state index is 2.46. The maximum atomic E-state index is 2.46. The predicted octanol–water partition coefficient (Wildman–Crippen LogP) is 3.69. The van der Waals surface area contributed by atoms with Gasteiger partial charge >= 0.3 is 0 Å². The van der Waals surface area contributed by atoms with E-state index in [1.165, 1.54) is 50.0 Å². The summed E-state index contributed by atoms with van der Waals surface area (Å²) in [7, 11) is 0. The first-order valence-electron chi connectivity index (χ1n) is 5.90. The minimum Gasteiger partial charge on any atom is -0.349 e. The number of rotatable bonds is 3. The molecule has 0 aliphatic heterocycles. The molecule has 1 saturated carbocycles. The Balaban J connectivity index is 1.90. The molecule has 1 aromatic heterocycles. The second kappa shape index (κ2) is 4.20. The van der Waals surface area contributed by atoms with Crippen LogP contribution in [0.3, 0.4) is 0 Å². The van der Waals surface area contributed by atoms with Gasteiger partial charge in [0.1, 0.15) is 0 Å². The zero-order chi connectivity index (χ0) is 9.97. The van der Waals surface area contributed by atoms with Crippen molar-refractivity contribution in [1.29, 1.82) is 0 Å². The summed E-state index contributed by atoms with van der Waals surface area (Å²) in [6.07, 6.45) is 7.26. The van der Waals surface area contributed by atoms with Gasteiger partial charge in [-0.2, -0.15) is 0 Å². The topological polar surface area (TPSA) is 4.93 Å². The first-order chi connectivity index (χ1) is 6.77. The summed E-state index contributed by atoms with van der Waals surface area (Å²) in [6, 6.07) is 4.45. The van der Waals surface area contributed by atoms with Gasteiger partial charge in [-0.25, -0.2) is 0 Å². The lowest BCUT2D eigenvalue weighted by molar-refractivity contribution is 0.452. The van der Waals surface area contributed by atoms with Crippen molar-refractivity contribution in [2.75, 3.05) is 0 Å². The molecule has 1 aliphatic carbocycles.